The van der Waals surface area contributed by atoms with Crippen LogP contribution in [-0.2, 0) is 6.54 Å². The highest BCUT2D eigenvalue weighted by Gasteiger charge is 2.05. The lowest BCUT2D eigenvalue weighted by Gasteiger charge is -2.08. The number of aromatic amines is 1. The number of rotatable bonds is 4. The first-order valence-electron chi connectivity index (χ1n) is 7.41. The number of nitrogens with zero attached hydrogens (tertiary/aromatic N) is 2. The predicted octanol–water partition coefficient (Wildman–Crippen LogP) is 4.08. The van der Waals surface area contributed by atoms with Crippen molar-refractivity contribution in [3.05, 3.63) is 52.8 Å². The Labute approximate surface area is 167 Å². The van der Waals surface area contributed by atoms with Gasteiger partial charge >= 0.3 is 0 Å². The lowest BCUT2D eigenvalue weighted by Crippen LogP contribution is -2.22. The van der Waals surface area contributed by atoms with E-state index >= 15 is 0 Å². The predicted molar refractivity (Wildman–Crippen MR) is 113 cm³/mol. The van der Waals surface area contributed by atoms with E-state index in [4.69, 9.17) is 22.1 Å². The van der Waals surface area contributed by atoms with Crippen molar-refractivity contribution in [2.75, 3.05) is 12.4 Å². The Kier molecular flexibility index (Phi) is 6.49. The molecule has 1 heterocycles. The highest BCUT2D eigenvalue weighted by molar-refractivity contribution is 14.0. The second-order valence-corrected chi connectivity index (χ2v) is 5.74. The topological polar surface area (TPSA) is 88.3 Å². The van der Waals surface area contributed by atoms with Crippen molar-refractivity contribution in [3.63, 3.8) is 0 Å². The Balaban J connectivity index is 0.00000225. The molecule has 0 aliphatic carbocycles. The highest BCUT2D eigenvalue weighted by atomic mass is 127. The molecular formula is C17H19ClIN5O. The van der Waals surface area contributed by atoms with Gasteiger partial charge in [-0.05, 0) is 36.8 Å². The molecule has 0 amide bonds. The first-order valence-corrected chi connectivity index (χ1v) is 7.79. The number of anilines is 1. The number of benzene rings is 2. The van der Waals surface area contributed by atoms with Gasteiger partial charge in [-0.1, -0.05) is 23.7 Å². The van der Waals surface area contributed by atoms with Crippen LogP contribution in [0.1, 0.15) is 11.4 Å². The monoisotopic (exact) mass is 471 g/mol. The third-order valence-electron chi connectivity index (χ3n) is 3.59. The van der Waals surface area contributed by atoms with Crippen molar-refractivity contribution in [1.82, 2.24) is 9.97 Å². The zero-order chi connectivity index (χ0) is 17.1. The maximum atomic E-state index is 6.09. The van der Waals surface area contributed by atoms with Crippen LogP contribution in [0.4, 0.5) is 5.69 Å². The zero-order valence-corrected chi connectivity index (χ0v) is 16.9. The number of nitrogens with one attached hydrogen (secondary N) is 2. The second kappa shape index (κ2) is 8.39. The summed E-state index contributed by atoms with van der Waals surface area (Å²) >= 11 is 6.09. The number of imidazole rings is 1. The van der Waals surface area contributed by atoms with Crippen LogP contribution in [-0.4, -0.2) is 23.0 Å². The molecule has 0 spiro atoms. The molecule has 0 fully saturated rings. The summed E-state index contributed by atoms with van der Waals surface area (Å²) in [6.07, 6.45) is 0. The van der Waals surface area contributed by atoms with Gasteiger partial charge in [-0.3, -0.25) is 0 Å². The highest BCUT2D eigenvalue weighted by Crippen LogP contribution is 2.27. The van der Waals surface area contributed by atoms with Crippen LogP contribution in [0, 0.1) is 6.92 Å². The molecule has 0 unspecified atom stereocenters. The molecule has 3 rings (SSSR count). The first kappa shape index (κ1) is 19.3. The number of H-pyrrole nitrogens is 1. The van der Waals surface area contributed by atoms with Gasteiger partial charge in [0.2, 0.25) is 0 Å². The number of ether oxygens (including phenoxy) is 1. The molecule has 1 aromatic heterocycles. The van der Waals surface area contributed by atoms with E-state index in [1.54, 1.807) is 19.2 Å². The SMILES string of the molecule is COc1ccc(NC(N)=NCc2nc3c(C)cccc3[nH]2)cc1Cl.I. The molecule has 0 saturated heterocycles. The molecule has 25 heavy (non-hydrogen) atoms. The smallest absolute Gasteiger partial charge is 0.193 e. The van der Waals surface area contributed by atoms with E-state index in [-0.39, 0.29) is 29.9 Å². The quantitative estimate of drug-likeness (QED) is 0.304. The molecule has 2 aromatic carbocycles. The van der Waals surface area contributed by atoms with E-state index in [0.29, 0.717) is 17.3 Å². The zero-order valence-electron chi connectivity index (χ0n) is 13.8. The van der Waals surface area contributed by atoms with Crippen LogP contribution < -0.4 is 15.8 Å². The summed E-state index contributed by atoms with van der Waals surface area (Å²) < 4.78 is 5.12. The first-order chi connectivity index (χ1) is 11.6. The molecule has 0 aliphatic heterocycles. The number of halogens is 2. The fourth-order valence-corrected chi connectivity index (χ4v) is 2.65. The Morgan fingerprint density at radius 1 is 1.36 bits per heavy atom. The molecule has 132 valence electrons. The minimum atomic E-state index is 0. The molecule has 6 nitrogen and oxygen atoms in total. The number of aryl methyl sites for hydroxylation is 1. The van der Waals surface area contributed by atoms with Gasteiger partial charge in [-0.15, -0.1) is 24.0 Å². The Hall–Kier alpha value is -2.00. The van der Waals surface area contributed by atoms with Crippen LogP contribution in [0.3, 0.4) is 0 Å². The third kappa shape index (κ3) is 4.55. The molecule has 0 atom stereocenters. The van der Waals surface area contributed by atoms with Gasteiger partial charge in [0.05, 0.1) is 23.2 Å². The summed E-state index contributed by atoms with van der Waals surface area (Å²) in [5.41, 5.74) is 9.73. The Morgan fingerprint density at radius 3 is 2.84 bits per heavy atom. The number of guanidine groups is 1. The van der Waals surface area contributed by atoms with Gasteiger partial charge in [0.1, 0.15) is 18.1 Å². The van der Waals surface area contributed by atoms with E-state index in [2.05, 4.69) is 20.3 Å². The van der Waals surface area contributed by atoms with Gasteiger partial charge in [-0.25, -0.2) is 9.98 Å². The van der Waals surface area contributed by atoms with Crippen molar-refractivity contribution in [2.45, 2.75) is 13.5 Å². The maximum absolute atomic E-state index is 6.09. The molecule has 8 heteroatoms. The summed E-state index contributed by atoms with van der Waals surface area (Å²) in [6, 6.07) is 11.3. The van der Waals surface area contributed by atoms with Crippen molar-refractivity contribution < 1.29 is 4.74 Å². The van der Waals surface area contributed by atoms with E-state index in [1.807, 2.05) is 31.2 Å². The molecule has 3 aromatic rings. The molecular weight excluding hydrogens is 453 g/mol. The molecule has 4 N–H and O–H groups in total. The number of methoxy groups -OCH3 is 1. The van der Waals surface area contributed by atoms with E-state index in [9.17, 15) is 0 Å². The maximum Gasteiger partial charge on any atom is 0.193 e. The molecule has 0 saturated carbocycles. The van der Waals surface area contributed by atoms with Gasteiger partial charge in [0.15, 0.2) is 5.96 Å². The van der Waals surface area contributed by atoms with Crippen molar-refractivity contribution in [2.24, 2.45) is 10.7 Å². The van der Waals surface area contributed by atoms with Gasteiger partial charge < -0.3 is 20.8 Å². The fourth-order valence-electron chi connectivity index (χ4n) is 2.39. The fraction of sp³-hybridized carbons (Fsp3) is 0.176. The largest absolute Gasteiger partial charge is 0.495 e. The summed E-state index contributed by atoms with van der Waals surface area (Å²) in [5, 5.41) is 3.50. The molecule has 0 aliphatic rings. The van der Waals surface area contributed by atoms with Gasteiger partial charge in [0, 0.05) is 5.69 Å². The summed E-state index contributed by atoms with van der Waals surface area (Å²) in [6.45, 7) is 2.39. The van der Waals surface area contributed by atoms with E-state index in [1.165, 1.54) is 0 Å². The van der Waals surface area contributed by atoms with Gasteiger partial charge in [0.25, 0.3) is 0 Å². The van der Waals surface area contributed by atoms with Crippen LogP contribution >= 0.6 is 35.6 Å². The van der Waals surface area contributed by atoms with Crippen LogP contribution in [0.25, 0.3) is 11.0 Å². The number of fused-ring (bicyclic) bond motifs is 1. The van der Waals surface area contributed by atoms with Crippen LogP contribution in [0.15, 0.2) is 41.4 Å². The van der Waals surface area contributed by atoms with Crippen molar-refractivity contribution in [3.8, 4) is 5.75 Å². The number of hydrogen-bond acceptors (Lipinski definition) is 3. The third-order valence-corrected chi connectivity index (χ3v) is 3.88. The summed E-state index contributed by atoms with van der Waals surface area (Å²) in [4.78, 5) is 12.1. The van der Waals surface area contributed by atoms with Crippen molar-refractivity contribution >= 4 is 58.3 Å². The second-order valence-electron chi connectivity index (χ2n) is 5.33. The lowest BCUT2D eigenvalue weighted by atomic mass is 10.2. The van der Waals surface area contributed by atoms with Crippen molar-refractivity contribution in [1.29, 1.82) is 0 Å². The average molecular weight is 472 g/mol. The van der Waals surface area contributed by atoms with Crippen LogP contribution in [0.2, 0.25) is 5.02 Å². The number of nitrogens with two attached hydrogens (primary N) is 1. The lowest BCUT2D eigenvalue weighted by molar-refractivity contribution is 0.415. The Bertz CT molecular complexity index is 909. The molecule has 0 bridgehead atoms. The molecule has 0 radical (unpaired) electrons. The number of para-hydroxylation sites is 1. The Morgan fingerprint density at radius 2 is 2.16 bits per heavy atom. The van der Waals surface area contributed by atoms with Crippen LogP contribution in [0.5, 0.6) is 5.75 Å². The average Bonchev–Trinajstić information content (AvgIpc) is 2.98. The standard InChI is InChI=1S/C17H18ClN5O.HI/c1-10-4-3-5-13-16(10)23-15(22-13)9-20-17(19)21-11-6-7-14(24-2)12(18)8-11;/h3-8H,9H2,1-2H3,(H,22,23)(H3,19,20,21);1H. The normalized spacial score (nSPS) is 11.2. The minimum absolute atomic E-state index is 0. The number of hydrogen-bond donors (Lipinski definition) is 3. The number of aromatic nitrogens is 2. The number of aliphatic imine (C=N–C) groups is 1. The van der Waals surface area contributed by atoms with E-state index < -0.39 is 0 Å². The van der Waals surface area contributed by atoms with Gasteiger partial charge in [-0.2, -0.15) is 0 Å². The minimum Gasteiger partial charge on any atom is -0.495 e. The van der Waals surface area contributed by atoms with E-state index in [0.717, 1.165) is 28.1 Å². The summed E-state index contributed by atoms with van der Waals surface area (Å²) in [7, 11) is 1.57. The summed E-state index contributed by atoms with van der Waals surface area (Å²) in [5.74, 6) is 1.65.